The van der Waals surface area contributed by atoms with E-state index in [0.717, 1.165) is 38.8 Å². The summed E-state index contributed by atoms with van der Waals surface area (Å²) in [6.45, 7) is 3.89. The van der Waals surface area contributed by atoms with Crippen LogP contribution in [0, 0.1) is 5.92 Å². The van der Waals surface area contributed by atoms with Crippen molar-refractivity contribution >= 4 is 5.91 Å². The molecule has 0 saturated carbocycles. The number of piperidine rings is 1. The van der Waals surface area contributed by atoms with Crippen LogP contribution in [0.2, 0.25) is 0 Å². The molecule has 1 fully saturated rings. The molecule has 0 aromatic heterocycles. The number of carbonyl (C=O) groups excluding carboxylic acids is 1. The second-order valence-electron chi connectivity index (χ2n) is 5.46. The van der Waals surface area contributed by atoms with Crippen molar-refractivity contribution < 1.29 is 4.79 Å². The third-order valence-electron chi connectivity index (χ3n) is 3.78. The highest BCUT2D eigenvalue weighted by molar-refractivity contribution is 5.78. The van der Waals surface area contributed by atoms with Crippen LogP contribution in [0.4, 0.5) is 0 Å². The molecule has 1 heterocycles. The summed E-state index contributed by atoms with van der Waals surface area (Å²) in [5.41, 5.74) is 1.34. The highest BCUT2D eigenvalue weighted by atomic mass is 16.1. The molecular weight excluding hydrogens is 236 g/mol. The van der Waals surface area contributed by atoms with E-state index < -0.39 is 0 Å². The topological polar surface area (TPSA) is 41.1 Å². The summed E-state index contributed by atoms with van der Waals surface area (Å²) in [6, 6.07) is 10.9. The summed E-state index contributed by atoms with van der Waals surface area (Å²) in [4.78, 5) is 12.0. The maximum absolute atomic E-state index is 12.0. The van der Waals surface area contributed by atoms with Crippen molar-refractivity contribution in [3.05, 3.63) is 35.9 Å². The normalized spacial score (nSPS) is 23.0. The van der Waals surface area contributed by atoms with Crippen molar-refractivity contribution in [1.29, 1.82) is 0 Å². The Morgan fingerprint density at radius 3 is 2.89 bits per heavy atom. The Kier molecular flexibility index (Phi) is 5.40. The first kappa shape index (κ1) is 14.1. The number of carbonyl (C=O) groups is 1. The van der Waals surface area contributed by atoms with E-state index in [0.29, 0.717) is 6.04 Å². The van der Waals surface area contributed by atoms with E-state index in [1.54, 1.807) is 0 Å². The fraction of sp³-hybridized carbons (Fsp3) is 0.562. The van der Waals surface area contributed by atoms with Crippen LogP contribution in [0.15, 0.2) is 30.3 Å². The van der Waals surface area contributed by atoms with E-state index in [1.807, 2.05) is 6.07 Å². The van der Waals surface area contributed by atoms with Crippen molar-refractivity contribution in [2.75, 3.05) is 13.1 Å². The van der Waals surface area contributed by atoms with E-state index >= 15 is 0 Å². The maximum atomic E-state index is 12.0. The second kappa shape index (κ2) is 7.29. The largest absolute Gasteiger partial charge is 0.356 e. The van der Waals surface area contributed by atoms with E-state index in [1.165, 1.54) is 5.56 Å². The van der Waals surface area contributed by atoms with Gasteiger partial charge in [-0.05, 0) is 44.7 Å². The lowest BCUT2D eigenvalue weighted by atomic mass is 9.92. The first-order chi connectivity index (χ1) is 9.25. The highest BCUT2D eigenvalue weighted by Crippen LogP contribution is 2.15. The first-order valence-electron chi connectivity index (χ1n) is 7.30. The molecule has 1 aliphatic rings. The van der Waals surface area contributed by atoms with Crippen molar-refractivity contribution in [1.82, 2.24) is 10.6 Å². The van der Waals surface area contributed by atoms with Gasteiger partial charge < -0.3 is 10.6 Å². The standard InChI is InChI=1S/C16H24N2O/c1-13-12-15(9-11-17-13)16(19)18-10-5-8-14-6-3-2-4-7-14/h2-4,6-7,13,15,17H,5,8-12H2,1H3,(H,18,19)/t13-,15-/m0/s1. The molecule has 0 spiro atoms. The van der Waals surface area contributed by atoms with E-state index in [9.17, 15) is 4.79 Å². The molecule has 2 atom stereocenters. The summed E-state index contributed by atoms with van der Waals surface area (Å²) in [5.74, 6) is 0.439. The number of hydrogen-bond donors (Lipinski definition) is 2. The Bertz CT molecular complexity index is 391. The lowest BCUT2D eigenvalue weighted by Gasteiger charge is -2.27. The molecule has 0 unspecified atom stereocenters. The molecule has 0 radical (unpaired) electrons. The Morgan fingerprint density at radius 1 is 1.37 bits per heavy atom. The summed E-state index contributed by atoms with van der Waals surface area (Å²) in [6.07, 6.45) is 3.97. The highest BCUT2D eigenvalue weighted by Gasteiger charge is 2.23. The van der Waals surface area contributed by atoms with Gasteiger partial charge in [-0.15, -0.1) is 0 Å². The molecule has 1 saturated heterocycles. The molecule has 3 heteroatoms. The minimum Gasteiger partial charge on any atom is -0.356 e. The third-order valence-corrected chi connectivity index (χ3v) is 3.78. The fourth-order valence-electron chi connectivity index (χ4n) is 2.66. The van der Waals surface area contributed by atoms with Gasteiger partial charge in [-0.1, -0.05) is 30.3 Å². The number of nitrogens with one attached hydrogen (secondary N) is 2. The maximum Gasteiger partial charge on any atom is 0.223 e. The van der Waals surface area contributed by atoms with Gasteiger partial charge >= 0.3 is 0 Å². The van der Waals surface area contributed by atoms with Crippen molar-refractivity contribution in [2.24, 2.45) is 5.92 Å². The molecule has 1 aromatic rings. The van der Waals surface area contributed by atoms with Crippen LogP contribution >= 0.6 is 0 Å². The molecule has 1 aliphatic heterocycles. The van der Waals surface area contributed by atoms with Crippen molar-refractivity contribution in [2.45, 2.75) is 38.6 Å². The van der Waals surface area contributed by atoms with Crippen LogP contribution in [0.3, 0.4) is 0 Å². The average molecular weight is 260 g/mol. The zero-order valence-corrected chi connectivity index (χ0v) is 11.7. The van der Waals surface area contributed by atoms with Gasteiger partial charge in [-0.2, -0.15) is 0 Å². The van der Waals surface area contributed by atoms with Crippen LogP contribution in [0.25, 0.3) is 0 Å². The van der Waals surface area contributed by atoms with E-state index in [2.05, 4.69) is 41.8 Å². The van der Waals surface area contributed by atoms with Crippen LogP contribution in [-0.2, 0) is 11.2 Å². The van der Waals surface area contributed by atoms with Gasteiger partial charge in [0.1, 0.15) is 0 Å². The van der Waals surface area contributed by atoms with Crippen LogP contribution < -0.4 is 10.6 Å². The van der Waals surface area contributed by atoms with Crippen molar-refractivity contribution in [3.63, 3.8) is 0 Å². The molecule has 0 bridgehead atoms. The molecule has 0 aliphatic carbocycles. The zero-order chi connectivity index (χ0) is 13.5. The predicted octanol–water partition coefficient (Wildman–Crippen LogP) is 2.12. The van der Waals surface area contributed by atoms with Gasteiger partial charge in [-0.3, -0.25) is 4.79 Å². The van der Waals surface area contributed by atoms with Gasteiger partial charge in [-0.25, -0.2) is 0 Å². The summed E-state index contributed by atoms with van der Waals surface area (Å²) < 4.78 is 0. The zero-order valence-electron chi connectivity index (χ0n) is 11.7. The fourth-order valence-corrected chi connectivity index (χ4v) is 2.66. The van der Waals surface area contributed by atoms with Crippen LogP contribution in [0.1, 0.15) is 31.7 Å². The Balaban J connectivity index is 1.64. The Hall–Kier alpha value is -1.35. The van der Waals surface area contributed by atoms with E-state index in [4.69, 9.17) is 0 Å². The number of benzene rings is 1. The predicted molar refractivity (Wildman–Crippen MR) is 78.0 cm³/mol. The van der Waals surface area contributed by atoms with Gasteiger partial charge in [0.05, 0.1) is 0 Å². The van der Waals surface area contributed by atoms with E-state index in [-0.39, 0.29) is 11.8 Å². The smallest absolute Gasteiger partial charge is 0.223 e. The molecule has 2 N–H and O–H groups in total. The SMILES string of the molecule is C[C@H]1C[C@@H](C(=O)NCCCc2ccccc2)CCN1. The van der Waals surface area contributed by atoms with Crippen LogP contribution in [0.5, 0.6) is 0 Å². The molecule has 104 valence electrons. The van der Waals surface area contributed by atoms with Gasteiger partial charge in [0.2, 0.25) is 5.91 Å². The lowest BCUT2D eigenvalue weighted by Crippen LogP contribution is -2.42. The molecule has 3 nitrogen and oxygen atoms in total. The number of aryl methyl sites for hydroxylation is 1. The molecule has 2 rings (SSSR count). The Morgan fingerprint density at radius 2 is 2.16 bits per heavy atom. The Labute approximate surface area is 115 Å². The molecular formula is C16H24N2O. The lowest BCUT2D eigenvalue weighted by molar-refractivity contribution is -0.126. The number of hydrogen-bond acceptors (Lipinski definition) is 2. The molecule has 1 aromatic carbocycles. The number of rotatable bonds is 5. The summed E-state index contributed by atoms with van der Waals surface area (Å²) >= 11 is 0. The summed E-state index contributed by atoms with van der Waals surface area (Å²) in [5, 5.41) is 6.45. The number of amides is 1. The molecule has 1 amide bonds. The quantitative estimate of drug-likeness (QED) is 0.796. The monoisotopic (exact) mass is 260 g/mol. The van der Waals surface area contributed by atoms with Gasteiger partial charge in [0.25, 0.3) is 0 Å². The van der Waals surface area contributed by atoms with Gasteiger partial charge in [0.15, 0.2) is 0 Å². The first-order valence-corrected chi connectivity index (χ1v) is 7.30. The summed E-state index contributed by atoms with van der Waals surface area (Å²) in [7, 11) is 0. The van der Waals surface area contributed by atoms with Crippen molar-refractivity contribution in [3.8, 4) is 0 Å². The second-order valence-corrected chi connectivity index (χ2v) is 5.46. The molecule has 19 heavy (non-hydrogen) atoms. The third kappa shape index (κ3) is 4.67. The van der Waals surface area contributed by atoms with Gasteiger partial charge in [0, 0.05) is 18.5 Å². The van der Waals surface area contributed by atoms with Crippen LogP contribution in [-0.4, -0.2) is 25.0 Å². The minimum absolute atomic E-state index is 0.202. The average Bonchev–Trinajstić information content (AvgIpc) is 2.44. The minimum atomic E-state index is 0.202.